The maximum absolute atomic E-state index is 9.24. The van der Waals surface area contributed by atoms with Gasteiger partial charge >= 0.3 is 0 Å². The molecular formula is C22H47NO. The van der Waals surface area contributed by atoms with Crippen molar-refractivity contribution in [3.8, 4) is 0 Å². The first-order valence-electron chi connectivity index (χ1n) is 11.2. The molecule has 0 fully saturated rings. The van der Waals surface area contributed by atoms with E-state index in [4.69, 9.17) is 0 Å². The summed E-state index contributed by atoms with van der Waals surface area (Å²) in [5, 5.41) is 9.24. The van der Waals surface area contributed by atoms with Crippen molar-refractivity contribution in [1.82, 2.24) is 4.90 Å². The molecule has 2 nitrogen and oxygen atoms in total. The van der Waals surface area contributed by atoms with Gasteiger partial charge < -0.3 is 10.0 Å². The minimum Gasteiger partial charge on any atom is -0.395 e. The van der Waals surface area contributed by atoms with E-state index in [0.717, 1.165) is 6.54 Å². The van der Waals surface area contributed by atoms with Gasteiger partial charge in [0, 0.05) is 6.54 Å². The molecule has 1 N–H and O–H groups in total. The van der Waals surface area contributed by atoms with Crippen LogP contribution in [0.2, 0.25) is 0 Å². The average molecular weight is 342 g/mol. The number of unbranched alkanes of at least 4 members (excludes halogenated alkanes) is 14. The molecule has 0 aromatic rings. The van der Waals surface area contributed by atoms with Crippen LogP contribution >= 0.6 is 0 Å². The molecule has 2 heteroatoms. The highest BCUT2D eigenvalue weighted by molar-refractivity contribution is 4.59. The highest BCUT2D eigenvalue weighted by Gasteiger charge is 2.04. The fourth-order valence-corrected chi connectivity index (χ4v) is 3.42. The number of aliphatic hydroxyl groups excluding tert-OH is 1. The first kappa shape index (κ1) is 23.9. The molecule has 0 spiro atoms. The summed E-state index contributed by atoms with van der Waals surface area (Å²) in [5.74, 6) is 0. The van der Waals surface area contributed by atoms with Crippen LogP contribution < -0.4 is 0 Å². The Hall–Kier alpha value is -0.0800. The summed E-state index contributed by atoms with van der Waals surface area (Å²) in [5.41, 5.74) is 0. The van der Waals surface area contributed by atoms with Crippen molar-refractivity contribution < 1.29 is 5.11 Å². The Bertz CT molecular complexity index is 200. The Morgan fingerprint density at radius 3 is 1.12 bits per heavy atom. The van der Waals surface area contributed by atoms with Gasteiger partial charge in [0.05, 0.1) is 6.61 Å². The van der Waals surface area contributed by atoms with E-state index in [0.29, 0.717) is 6.61 Å². The zero-order valence-corrected chi connectivity index (χ0v) is 17.0. The molecule has 0 aliphatic heterocycles. The molecule has 0 aromatic carbocycles. The number of nitrogens with zero attached hydrogens (tertiary/aromatic N) is 1. The topological polar surface area (TPSA) is 23.5 Å². The third-order valence-corrected chi connectivity index (χ3v) is 5.07. The SMILES string of the molecule is CCCCCCCCCCN(CCO)CCCCCCCCCC. The standard InChI is InChI=1S/C22H47NO/c1-3-5-7-9-11-13-15-17-19-23(21-22-24)20-18-16-14-12-10-8-6-4-2/h24H,3-22H2,1-2H3. The van der Waals surface area contributed by atoms with Gasteiger partial charge in [0.1, 0.15) is 0 Å². The molecule has 0 saturated heterocycles. The Morgan fingerprint density at radius 2 is 0.792 bits per heavy atom. The minimum atomic E-state index is 0.314. The van der Waals surface area contributed by atoms with E-state index >= 15 is 0 Å². The Balaban J connectivity index is 3.43. The lowest BCUT2D eigenvalue weighted by molar-refractivity contribution is 0.190. The minimum absolute atomic E-state index is 0.314. The molecule has 0 rings (SSSR count). The van der Waals surface area contributed by atoms with Gasteiger partial charge in [0.25, 0.3) is 0 Å². The summed E-state index contributed by atoms with van der Waals surface area (Å²) >= 11 is 0. The maximum Gasteiger partial charge on any atom is 0.0558 e. The second kappa shape index (κ2) is 21.0. The lowest BCUT2D eigenvalue weighted by Crippen LogP contribution is -2.29. The van der Waals surface area contributed by atoms with Gasteiger partial charge in [0.2, 0.25) is 0 Å². The summed E-state index contributed by atoms with van der Waals surface area (Å²) < 4.78 is 0. The molecule has 0 bridgehead atoms. The number of aliphatic hydroxyl groups is 1. The van der Waals surface area contributed by atoms with Crippen LogP contribution in [-0.4, -0.2) is 36.2 Å². The van der Waals surface area contributed by atoms with Crippen LogP contribution in [0.25, 0.3) is 0 Å². The molecule has 0 atom stereocenters. The predicted molar refractivity (Wildman–Crippen MR) is 109 cm³/mol. The maximum atomic E-state index is 9.24. The lowest BCUT2D eigenvalue weighted by atomic mass is 10.1. The van der Waals surface area contributed by atoms with Crippen LogP contribution in [0.4, 0.5) is 0 Å². The van der Waals surface area contributed by atoms with E-state index in [9.17, 15) is 5.11 Å². The van der Waals surface area contributed by atoms with Crippen LogP contribution in [0.15, 0.2) is 0 Å². The monoisotopic (exact) mass is 341 g/mol. The van der Waals surface area contributed by atoms with Crippen molar-refractivity contribution in [2.24, 2.45) is 0 Å². The summed E-state index contributed by atoms with van der Waals surface area (Å²) in [7, 11) is 0. The Labute approximate surface area is 153 Å². The summed E-state index contributed by atoms with van der Waals surface area (Å²) in [4.78, 5) is 2.48. The zero-order valence-electron chi connectivity index (χ0n) is 17.0. The number of rotatable bonds is 20. The first-order valence-corrected chi connectivity index (χ1v) is 11.2. The van der Waals surface area contributed by atoms with Crippen molar-refractivity contribution in [3.05, 3.63) is 0 Å². The van der Waals surface area contributed by atoms with Gasteiger partial charge in [-0.25, -0.2) is 0 Å². The van der Waals surface area contributed by atoms with Gasteiger partial charge in [-0.3, -0.25) is 0 Å². The van der Waals surface area contributed by atoms with Gasteiger partial charge in [-0.1, -0.05) is 104 Å². The normalized spacial score (nSPS) is 11.5. The molecule has 0 saturated carbocycles. The zero-order chi connectivity index (χ0) is 17.7. The largest absolute Gasteiger partial charge is 0.395 e. The summed E-state index contributed by atoms with van der Waals surface area (Å²) in [6.45, 7) is 8.11. The summed E-state index contributed by atoms with van der Waals surface area (Å²) in [6.07, 6.45) is 22.2. The van der Waals surface area contributed by atoms with Gasteiger partial charge in [-0.05, 0) is 25.9 Å². The molecule has 0 aliphatic rings. The molecule has 0 aliphatic carbocycles. The number of hydrogen-bond acceptors (Lipinski definition) is 2. The fourth-order valence-electron chi connectivity index (χ4n) is 3.42. The van der Waals surface area contributed by atoms with Gasteiger partial charge in [-0.15, -0.1) is 0 Å². The van der Waals surface area contributed by atoms with E-state index in [1.54, 1.807) is 0 Å². The van der Waals surface area contributed by atoms with Crippen LogP contribution in [0.5, 0.6) is 0 Å². The molecule has 0 heterocycles. The van der Waals surface area contributed by atoms with Crippen molar-refractivity contribution in [1.29, 1.82) is 0 Å². The molecule has 0 aromatic heterocycles. The van der Waals surface area contributed by atoms with Crippen molar-refractivity contribution in [3.63, 3.8) is 0 Å². The molecule has 0 amide bonds. The van der Waals surface area contributed by atoms with Crippen molar-refractivity contribution in [2.45, 2.75) is 117 Å². The third kappa shape index (κ3) is 18.3. The molecular weight excluding hydrogens is 294 g/mol. The first-order chi connectivity index (χ1) is 11.8. The smallest absolute Gasteiger partial charge is 0.0558 e. The van der Waals surface area contributed by atoms with E-state index in [-0.39, 0.29) is 0 Å². The Kier molecular flexibility index (Phi) is 20.9. The second-order valence-corrected chi connectivity index (χ2v) is 7.51. The van der Waals surface area contributed by atoms with Crippen molar-refractivity contribution >= 4 is 0 Å². The quantitative estimate of drug-likeness (QED) is 0.253. The van der Waals surface area contributed by atoms with Crippen LogP contribution in [0.1, 0.15) is 117 Å². The van der Waals surface area contributed by atoms with Crippen LogP contribution in [-0.2, 0) is 0 Å². The fraction of sp³-hybridized carbons (Fsp3) is 1.00. The van der Waals surface area contributed by atoms with E-state index < -0.39 is 0 Å². The van der Waals surface area contributed by atoms with Crippen LogP contribution in [0.3, 0.4) is 0 Å². The van der Waals surface area contributed by atoms with Crippen LogP contribution in [0, 0.1) is 0 Å². The molecule has 24 heavy (non-hydrogen) atoms. The second-order valence-electron chi connectivity index (χ2n) is 7.51. The highest BCUT2D eigenvalue weighted by Crippen LogP contribution is 2.11. The molecule has 0 radical (unpaired) electrons. The van der Waals surface area contributed by atoms with Gasteiger partial charge in [0.15, 0.2) is 0 Å². The molecule has 0 unspecified atom stereocenters. The number of hydrogen-bond donors (Lipinski definition) is 1. The average Bonchev–Trinajstić information content (AvgIpc) is 2.59. The predicted octanol–water partition coefficient (Wildman–Crippen LogP) is 6.56. The van der Waals surface area contributed by atoms with Gasteiger partial charge in [-0.2, -0.15) is 0 Å². The van der Waals surface area contributed by atoms with E-state index in [2.05, 4.69) is 18.7 Å². The van der Waals surface area contributed by atoms with E-state index in [1.807, 2.05) is 0 Å². The highest BCUT2D eigenvalue weighted by atomic mass is 16.3. The summed E-state index contributed by atoms with van der Waals surface area (Å²) in [6, 6.07) is 0. The third-order valence-electron chi connectivity index (χ3n) is 5.07. The van der Waals surface area contributed by atoms with E-state index in [1.165, 1.54) is 116 Å². The van der Waals surface area contributed by atoms with Crippen molar-refractivity contribution in [2.75, 3.05) is 26.2 Å². The Morgan fingerprint density at radius 1 is 0.458 bits per heavy atom. The lowest BCUT2D eigenvalue weighted by Gasteiger charge is -2.21. The molecule has 146 valence electrons.